The molecule has 3 rings (SSSR count). The van der Waals surface area contributed by atoms with Crippen LogP contribution in [0.25, 0.3) is 10.6 Å². The lowest BCUT2D eigenvalue weighted by atomic mass is 10.2. The summed E-state index contributed by atoms with van der Waals surface area (Å²) in [5.74, 6) is 2.09. The number of thiazole rings is 1. The Morgan fingerprint density at radius 1 is 1.16 bits per heavy atom. The van der Waals surface area contributed by atoms with E-state index in [1.807, 2.05) is 36.6 Å². The van der Waals surface area contributed by atoms with Crippen LogP contribution in [-0.4, -0.2) is 31.7 Å². The third-order valence-electron chi connectivity index (χ3n) is 4.15. The van der Waals surface area contributed by atoms with Crippen molar-refractivity contribution in [2.24, 2.45) is 5.14 Å². The number of primary sulfonamides is 1. The first kappa shape index (κ1) is 23.3. The van der Waals surface area contributed by atoms with Crippen LogP contribution in [0, 0.1) is 0 Å². The lowest BCUT2D eigenvalue weighted by Gasteiger charge is -2.06. The standard InChI is InChI=1S/C21H23N3O4S3/c1-2-28-18-7-3-15(4-8-18)21-24-17(14-30-21)13-29-12-11-20(25)23-16-5-9-19(10-6-16)31(22,26)27/h3-10,14H,2,11-13H2,1H3,(H,23,25)(H2,22,26,27). The van der Waals surface area contributed by atoms with Gasteiger partial charge < -0.3 is 10.1 Å². The number of carbonyl (C=O) groups is 1. The SMILES string of the molecule is CCOc1ccc(-c2nc(CSCCC(=O)Nc3ccc(S(N)(=O)=O)cc3)cs2)cc1. The van der Waals surface area contributed by atoms with E-state index in [9.17, 15) is 13.2 Å². The first-order chi connectivity index (χ1) is 14.8. The predicted octanol–water partition coefficient (Wildman–Crippen LogP) is 4.12. The summed E-state index contributed by atoms with van der Waals surface area (Å²) in [5, 5.41) is 10.8. The van der Waals surface area contributed by atoms with Crippen LogP contribution in [0.1, 0.15) is 19.0 Å². The molecule has 3 aromatic rings. The van der Waals surface area contributed by atoms with Crippen molar-refractivity contribution in [1.82, 2.24) is 4.98 Å². The second kappa shape index (κ2) is 10.8. The molecule has 0 unspecified atom stereocenters. The third-order valence-corrected chi connectivity index (χ3v) is 7.02. The molecule has 10 heteroatoms. The van der Waals surface area contributed by atoms with Gasteiger partial charge in [0.25, 0.3) is 0 Å². The Morgan fingerprint density at radius 3 is 2.52 bits per heavy atom. The van der Waals surface area contributed by atoms with Crippen molar-refractivity contribution in [3.05, 3.63) is 59.6 Å². The monoisotopic (exact) mass is 477 g/mol. The van der Waals surface area contributed by atoms with Crippen molar-refractivity contribution in [2.45, 2.75) is 24.0 Å². The molecule has 7 nitrogen and oxygen atoms in total. The zero-order valence-corrected chi connectivity index (χ0v) is 19.4. The van der Waals surface area contributed by atoms with Crippen LogP contribution in [0.15, 0.2) is 58.8 Å². The topological polar surface area (TPSA) is 111 Å². The molecule has 2 aromatic carbocycles. The molecule has 0 aliphatic carbocycles. The quantitative estimate of drug-likeness (QED) is 0.425. The molecule has 1 amide bonds. The Morgan fingerprint density at radius 2 is 1.87 bits per heavy atom. The van der Waals surface area contributed by atoms with Gasteiger partial charge in [-0.2, -0.15) is 11.8 Å². The Hall–Kier alpha value is -2.40. The summed E-state index contributed by atoms with van der Waals surface area (Å²) in [6.07, 6.45) is 0.345. The van der Waals surface area contributed by atoms with E-state index in [2.05, 4.69) is 10.3 Å². The van der Waals surface area contributed by atoms with Gasteiger partial charge >= 0.3 is 0 Å². The van der Waals surface area contributed by atoms with Crippen LogP contribution in [0.4, 0.5) is 5.69 Å². The van der Waals surface area contributed by atoms with Crippen molar-refractivity contribution in [2.75, 3.05) is 17.7 Å². The lowest BCUT2D eigenvalue weighted by Crippen LogP contribution is -2.14. The smallest absolute Gasteiger partial charge is 0.238 e. The van der Waals surface area contributed by atoms with Crippen molar-refractivity contribution in [3.63, 3.8) is 0 Å². The van der Waals surface area contributed by atoms with Crippen molar-refractivity contribution in [3.8, 4) is 16.3 Å². The van der Waals surface area contributed by atoms with Crippen LogP contribution in [0.3, 0.4) is 0 Å². The Kier molecular flexibility index (Phi) is 8.08. The fourth-order valence-electron chi connectivity index (χ4n) is 2.66. The van der Waals surface area contributed by atoms with E-state index in [-0.39, 0.29) is 10.8 Å². The average Bonchev–Trinajstić information content (AvgIpc) is 3.21. The first-order valence-electron chi connectivity index (χ1n) is 9.53. The summed E-state index contributed by atoms with van der Waals surface area (Å²) in [7, 11) is -3.74. The number of ether oxygens (including phenoxy) is 1. The highest BCUT2D eigenvalue weighted by molar-refractivity contribution is 7.98. The molecule has 0 aliphatic rings. The van der Waals surface area contributed by atoms with Crippen LogP contribution in [-0.2, 0) is 20.6 Å². The van der Waals surface area contributed by atoms with Gasteiger partial charge in [0.1, 0.15) is 10.8 Å². The van der Waals surface area contributed by atoms with Crippen molar-refractivity contribution < 1.29 is 17.9 Å². The zero-order chi connectivity index (χ0) is 22.3. The van der Waals surface area contributed by atoms with Gasteiger partial charge in [0.2, 0.25) is 15.9 Å². The minimum Gasteiger partial charge on any atom is -0.494 e. The summed E-state index contributed by atoms with van der Waals surface area (Å²) in [5.41, 5.74) is 2.57. The van der Waals surface area contributed by atoms with Crippen LogP contribution in [0.5, 0.6) is 5.75 Å². The van der Waals surface area contributed by atoms with Crippen LogP contribution < -0.4 is 15.2 Å². The number of thioether (sulfide) groups is 1. The zero-order valence-electron chi connectivity index (χ0n) is 16.9. The number of sulfonamides is 1. The van der Waals surface area contributed by atoms with Crippen LogP contribution >= 0.6 is 23.1 Å². The normalized spacial score (nSPS) is 11.3. The molecule has 0 atom stereocenters. The Balaban J connectivity index is 1.42. The van der Waals surface area contributed by atoms with Crippen molar-refractivity contribution in [1.29, 1.82) is 0 Å². The van der Waals surface area contributed by atoms with E-state index in [1.54, 1.807) is 23.1 Å². The van der Waals surface area contributed by atoms with E-state index in [0.29, 0.717) is 24.5 Å². The average molecular weight is 478 g/mol. The maximum absolute atomic E-state index is 12.1. The highest BCUT2D eigenvalue weighted by Gasteiger charge is 2.09. The second-order valence-corrected chi connectivity index (χ2v) is 10.0. The number of anilines is 1. The molecule has 0 saturated carbocycles. The number of carbonyl (C=O) groups excluding carboxylic acids is 1. The van der Waals surface area contributed by atoms with E-state index in [0.717, 1.165) is 27.8 Å². The summed E-state index contributed by atoms with van der Waals surface area (Å²) in [6, 6.07) is 13.6. The minimum atomic E-state index is -3.74. The van der Waals surface area contributed by atoms with Gasteiger partial charge in [-0.1, -0.05) is 0 Å². The number of rotatable bonds is 10. The highest BCUT2D eigenvalue weighted by Crippen LogP contribution is 2.27. The Labute approximate surface area is 190 Å². The van der Waals surface area contributed by atoms with Crippen LogP contribution in [0.2, 0.25) is 0 Å². The first-order valence-corrected chi connectivity index (χ1v) is 13.1. The number of nitrogens with two attached hydrogens (primary N) is 1. The fraction of sp³-hybridized carbons (Fsp3) is 0.238. The van der Waals surface area contributed by atoms with Gasteiger partial charge in [-0.15, -0.1) is 11.3 Å². The number of aromatic nitrogens is 1. The van der Waals surface area contributed by atoms with Crippen molar-refractivity contribution >= 4 is 44.7 Å². The summed E-state index contributed by atoms with van der Waals surface area (Å²) < 4.78 is 28.0. The van der Waals surface area contributed by atoms with Gasteiger partial charge in [-0.3, -0.25) is 4.79 Å². The molecule has 0 radical (unpaired) electrons. The van der Waals surface area contributed by atoms with Gasteiger partial charge in [-0.05, 0) is 55.5 Å². The molecule has 1 heterocycles. The molecule has 3 N–H and O–H groups in total. The predicted molar refractivity (Wildman–Crippen MR) is 126 cm³/mol. The molecule has 164 valence electrons. The maximum atomic E-state index is 12.1. The molecule has 0 saturated heterocycles. The molecule has 0 fully saturated rings. The molecule has 0 bridgehead atoms. The Bertz CT molecular complexity index is 1110. The number of nitrogens with zero attached hydrogens (tertiary/aromatic N) is 1. The molecule has 0 aliphatic heterocycles. The summed E-state index contributed by atoms with van der Waals surface area (Å²) in [4.78, 5) is 16.8. The van der Waals surface area contributed by atoms with E-state index in [4.69, 9.17) is 9.88 Å². The van der Waals surface area contributed by atoms with Gasteiger partial charge in [0, 0.05) is 34.6 Å². The van der Waals surface area contributed by atoms with E-state index < -0.39 is 10.0 Å². The number of amides is 1. The number of nitrogens with one attached hydrogen (secondary N) is 1. The van der Waals surface area contributed by atoms with Gasteiger partial charge in [0.05, 0.1) is 17.2 Å². The maximum Gasteiger partial charge on any atom is 0.238 e. The molecule has 31 heavy (non-hydrogen) atoms. The fourth-order valence-corrected chi connectivity index (χ4v) is 4.94. The third kappa shape index (κ3) is 7.06. The molecule has 0 spiro atoms. The lowest BCUT2D eigenvalue weighted by molar-refractivity contribution is -0.115. The number of benzene rings is 2. The summed E-state index contributed by atoms with van der Waals surface area (Å²) >= 11 is 3.23. The van der Waals surface area contributed by atoms with Gasteiger partial charge in [-0.25, -0.2) is 18.5 Å². The van der Waals surface area contributed by atoms with E-state index in [1.165, 1.54) is 24.3 Å². The molecular weight excluding hydrogens is 454 g/mol. The molecular formula is C21H23N3O4S3. The van der Waals surface area contributed by atoms with Gasteiger partial charge in [0.15, 0.2) is 0 Å². The van der Waals surface area contributed by atoms with E-state index >= 15 is 0 Å². The number of hydrogen-bond acceptors (Lipinski definition) is 7. The summed E-state index contributed by atoms with van der Waals surface area (Å²) in [6.45, 7) is 2.59. The largest absolute Gasteiger partial charge is 0.494 e. The molecule has 1 aromatic heterocycles. The number of hydrogen-bond donors (Lipinski definition) is 2. The second-order valence-electron chi connectivity index (χ2n) is 6.52. The highest BCUT2D eigenvalue weighted by atomic mass is 32.2. The minimum absolute atomic E-state index is 0.00826.